The minimum absolute atomic E-state index is 0.112. The minimum Gasteiger partial charge on any atom is -0.478 e. The molecule has 1 aromatic heterocycles. The summed E-state index contributed by atoms with van der Waals surface area (Å²) in [5.41, 5.74) is 3.60. The van der Waals surface area contributed by atoms with Gasteiger partial charge in [0.05, 0.1) is 32.5 Å². The molecule has 0 radical (unpaired) electrons. The van der Waals surface area contributed by atoms with Crippen LogP contribution in [0.15, 0.2) is 91.1 Å². The van der Waals surface area contributed by atoms with Crippen LogP contribution in [0.2, 0.25) is 0 Å². The molecule has 2 heterocycles. The van der Waals surface area contributed by atoms with Gasteiger partial charge in [-0.3, -0.25) is 0 Å². The molecule has 2 atom stereocenters. The molecule has 0 saturated carbocycles. The topological polar surface area (TPSA) is 52.6 Å². The number of piperidine rings is 1. The van der Waals surface area contributed by atoms with Gasteiger partial charge in [-0.15, -0.1) is 0 Å². The van der Waals surface area contributed by atoms with E-state index in [1.54, 1.807) is 0 Å². The Morgan fingerprint density at radius 3 is 2.53 bits per heavy atom. The lowest BCUT2D eigenvalue weighted by molar-refractivity contribution is 0.0106. The van der Waals surface area contributed by atoms with Crippen molar-refractivity contribution in [2.75, 3.05) is 26.3 Å². The maximum absolute atomic E-state index is 6.41. The predicted molar refractivity (Wildman–Crippen MR) is 143 cm³/mol. The fourth-order valence-electron chi connectivity index (χ4n) is 4.72. The van der Waals surface area contributed by atoms with Crippen molar-refractivity contribution in [1.29, 1.82) is 0 Å². The SMILES string of the molecule is c1ccc(COCCCOc2ccc([C@H]3CCNC[C@@H]3OCc3ccc4ccccc4c3)cn2)cc1. The maximum Gasteiger partial charge on any atom is 0.213 e. The average molecular weight is 483 g/mol. The van der Waals surface area contributed by atoms with E-state index in [-0.39, 0.29) is 6.10 Å². The molecular formula is C31H34N2O3. The first-order valence-corrected chi connectivity index (χ1v) is 12.9. The number of fused-ring (bicyclic) bond motifs is 1. The lowest BCUT2D eigenvalue weighted by atomic mass is 9.88. The molecular weight excluding hydrogens is 448 g/mol. The Labute approximate surface area is 213 Å². The van der Waals surface area contributed by atoms with E-state index in [0.717, 1.165) is 25.9 Å². The number of rotatable bonds is 11. The van der Waals surface area contributed by atoms with Crippen molar-refractivity contribution in [1.82, 2.24) is 10.3 Å². The number of ether oxygens (including phenoxy) is 3. The van der Waals surface area contributed by atoms with E-state index in [9.17, 15) is 0 Å². The first kappa shape index (κ1) is 24.4. The Balaban J connectivity index is 1.09. The van der Waals surface area contributed by atoms with Gasteiger partial charge in [0.2, 0.25) is 5.88 Å². The number of nitrogens with one attached hydrogen (secondary N) is 1. The van der Waals surface area contributed by atoms with Gasteiger partial charge in [-0.1, -0.05) is 72.8 Å². The molecule has 0 spiro atoms. The molecule has 1 aliphatic heterocycles. The van der Waals surface area contributed by atoms with Crippen molar-refractivity contribution >= 4 is 10.8 Å². The second-order valence-electron chi connectivity index (χ2n) is 9.30. The molecule has 0 unspecified atom stereocenters. The van der Waals surface area contributed by atoms with Crippen LogP contribution in [0.4, 0.5) is 0 Å². The quantitative estimate of drug-likeness (QED) is 0.271. The van der Waals surface area contributed by atoms with E-state index in [1.807, 2.05) is 30.5 Å². The Morgan fingerprint density at radius 2 is 1.67 bits per heavy atom. The molecule has 5 nitrogen and oxygen atoms in total. The summed E-state index contributed by atoms with van der Waals surface area (Å²) < 4.78 is 18.0. The summed E-state index contributed by atoms with van der Waals surface area (Å²) in [4.78, 5) is 4.57. The average Bonchev–Trinajstić information content (AvgIpc) is 2.95. The van der Waals surface area contributed by atoms with Crippen LogP contribution in [0.1, 0.15) is 35.4 Å². The van der Waals surface area contributed by atoms with Crippen LogP contribution in [-0.4, -0.2) is 37.4 Å². The molecule has 36 heavy (non-hydrogen) atoms. The van der Waals surface area contributed by atoms with Gasteiger partial charge in [-0.05, 0) is 46.5 Å². The van der Waals surface area contributed by atoms with E-state index in [1.165, 1.54) is 27.5 Å². The molecule has 1 saturated heterocycles. The van der Waals surface area contributed by atoms with Crippen LogP contribution >= 0.6 is 0 Å². The molecule has 5 rings (SSSR count). The van der Waals surface area contributed by atoms with E-state index < -0.39 is 0 Å². The smallest absolute Gasteiger partial charge is 0.213 e. The van der Waals surface area contributed by atoms with E-state index in [4.69, 9.17) is 14.2 Å². The summed E-state index contributed by atoms with van der Waals surface area (Å²) in [7, 11) is 0. The van der Waals surface area contributed by atoms with Gasteiger partial charge in [0, 0.05) is 31.1 Å². The summed E-state index contributed by atoms with van der Waals surface area (Å²) in [5, 5.41) is 5.99. The summed E-state index contributed by atoms with van der Waals surface area (Å²) >= 11 is 0. The monoisotopic (exact) mass is 482 g/mol. The summed E-state index contributed by atoms with van der Waals surface area (Å²) in [6, 6.07) is 29.3. The zero-order valence-corrected chi connectivity index (χ0v) is 20.6. The van der Waals surface area contributed by atoms with Crippen LogP contribution in [-0.2, 0) is 22.7 Å². The maximum atomic E-state index is 6.41. The van der Waals surface area contributed by atoms with Gasteiger partial charge >= 0.3 is 0 Å². The number of nitrogens with zero attached hydrogens (tertiary/aromatic N) is 1. The first-order valence-electron chi connectivity index (χ1n) is 12.9. The van der Waals surface area contributed by atoms with Crippen LogP contribution in [0.3, 0.4) is 0 Å². The van der Waals surface area contributed by atoms with Crippen molar-refractivity contribution in [3.05, 3.63) is 108 Å². The molecule has 3 aromatic carbocycles. The normalized spacial score (nSPS) is 17.8. The fraction of sp³-hybridized carbons (Fsp3) is 0.323. The standard InChI is InChI=1S/C31H34N2O3/c1-2-7-24(8-3-1)22-34-17-6-18-35-31-14-13-28(20-33-31)29-15-16-32-21-30(29)36-23-25-11-12-26-9-4-5-10-27(26)19-25/h1-5,7-14,19-20,29-30,32H,6,15-18,21-23H2/t29-,30+/m1/s1. The highest BCUT2D eigenvalue weighted by atomic mass is 16.5. The van der Waals surface area contributed by atoms with Crippen molar-refractivity contribution in [2.45, 2.75) is 38.1 Å². The third kappa shape index (κ3) is 6.70. The minimum atomic E-state index is 0.112. The van der Waals surface area contributed by atoms with Gasteiger partial charge < -0.3 is 19.5 Å². The van der Waals surface area contributed by atoms with Gasteiger partial charge in [-0.25, -0.2) is 4.98 Å². The zero-order chi connectivity index (χ0) is 24.4. The summed E-state index contributed by atoms with van der Waals surface area (Å²) in [6.45, 7) is 4.33. The van der Waals surface area contributed by atoms with Crippen molar-refractivity contribution in [2.24, 2.45) is 0 Å². The Hall–Kier alpha value is -3.25. The number of hydrogen-bond donors (Lipinski definition) is 1. The largest absolute Gasteiger partial charge is 0.478 e. The highest BCUT2D eigenvalue weighted by Gasteiger charge is 2.27. The highest BCUT2D eigenvalue weighted by Crippen LogP contribution is 2.29. The van der Waals surface area contributed by atoms with Gasteiger partial charge in [-0.2, -0.15) is 0 Å². The molecule has 1 fully saturated rings. The second-order valence-corrected chi connectivity index (χ2v) is 9.30. The molecule has 0 aliphatic carbocycles. The van der Waals surface area contributed by atoms with E-state index in [0.29, 0.717) is 38.2 Å². The van der Waals surface area contributed by atoms with Crippen molar-refractivity contribution in [3.63, 3.8) is 0 Å². The Bertz CT molecular complexity index is 1210. The highest BCUT2D eigenvalue weighted by molar-refractivity contribution is 5.82. The van der Waals surface area contributed by atoms with E-state index in [2.05, 4.69) is 71.0 Å². The van der Waals surface area contributed by atoms with Gasteiger partial charge in [0.1, 0.15) is 0 Å². The van der Waals surface area contributed by atoms with Crippen LogP contribution in [0, 0.1) is 0 Å². The number of benzene rings is 3. The Morgan fingerprint density at radius 1 is 0.806 bits per heavy atom. The van der Waals surface area contributed by atoms with E-state index >= 15 is 0 Å². The predicted octanol–water partition coefficient (Wildman–Crippen LogP) is 5.88. The molecule has 1 N–H and O–H groups in total. The third-order valence-corrected chi connectivity index (χ3v) is 6.69. The lowest BCUT2D eigenvalue weighted by Crippen LogP contribution is -2.41. The first-order chi connectivity index (χ1) is 17.8. The zero-order valence-electron chi connectivity index (χ0n) is 20.6. The van der Waals surface area contributed by atoms with Gasteiger partial charge in [0.25, 0.3) is 0 Å². The summed E-state index contributed by atoms with van der Waals surface area (Å²) in [6.07, 6.45) is 3.92. The molecule has 4 aromatic rings. The third-order valence-electron chi connectivity index (χ3n) is 6.69. The van der Waals surface area contributed by atoms with Crippen molar-refractivity contribution < 1.29 is 14.2 Å². The molecule has 0 bridgehead atoms. The Kier molecular flexibility index (Phi) is 8.58. The molecule has 1 aliphatic rings. The van der Waals surface area contributed by atoms with Gasteiger partial charge in [0.15, 0.2) is 0 Å². The molecule has 0 amide bonds. The number of pyridine rings is 1. The van der Waals surface area contributed by atoms with Crippen LogP contribution < -0.4 is 10.1 Å². The lowest BCUT2D eigenvalue weighted by Gasteiger charge is -2.32. The van der Waals surface area contributed by atoms with Crippen LogP contribution in [0.5, 0.6) is 5.88 Å². The van der Waals surface area contributed by atoms with Crippen LogP contribution in [0.25, 0.3) is 10.8 Å². The fourth-order valence-corrected chi connectivity index (χ4v) is 4.72. The summed E-state index contributed by atoms with van der Waals surface area (Å²) in [5.74, 6) is 0.976. The second kappa shape index (κ2) is 12.6. The molecule has 5 heteroatoms. The number of hydrogen-bond acceptors (Lipinski definition) is 5. The number of aromatic nitrogens is 1. The molecule has 186 valence electrons. The van der Waals surface area contributed by atoms with Crippen molar-refractivity contribution in [3.8, 4) is 5.88 Å².